The van der Waals surface area contributed by atoms with Gasteiger partial charge in [-0.05, 0) is 35.9 Å². The van der Waals surface area contributed by atoms with E-state index in [0.29, 0.717) is 44.2 Å². The predicted octanol–water partition coefficient (Wildman–Crippen LogP) is 5.17. The molecule has 1 saturated heterocycles. The maximum atomic E-state index is 13.4. The molecule has 1 aliphatic rings. The zero-order valence-corrected chi connectivity index (χ0v) is 22.0. The van der Waals surface area contributed by atoms with Gasteiger partial charge < -0.3 is 18.9 Å². The second-order valence-electron chi connectivity index (χ2n) is 9.64. The summed E-state index contributed by atoms with van der Waals surface area (Å²) in [7, 11) is 1.81. The SMILES string of the molecule is Cn1c(C(=O)N2CCN(Cc3ccc(OCC(F)(F)F)cc3)CC2)cc2ccc(Oc3ccc([N+](=O)[O-])cn3)cc21. The van der Waals surface area contributed by atoms with E-state index in [1.165, 1.54) is 24.3 Å². The number of hydrogen-bond donors (Lipinski definition) is 0. The fraction of sp³-hybridized carbons (Fsp3) is 0.286. The smallest absolute Gasteiger partial charge is 0.422 e. The van der Waals surface area contributed by atoms with E-state index < -0.39 is 17.7 Å². The highest BCUT2D eigenvalue weighted by atomic mass is 19.4. The summed E-state index contributed by atoms with van der Waals surface area (Å²) < 4.78 is 49.3. The Morgan fingerprint density at radius 1 is 1.00 bits per heavy atom. The molecule has 13 heteroatoms. The van der Waals surface area contributed by atoms with E-state index in [1.54, 1.807) is 29.2 Å². The summed E-state index contributed by atoms with van der Waals surface area (Å²) in [5, 5.41) is 11.7. The molecule has 0 radical (unpaired) electrons. The Balaban J connectivity index is 1.18. The molecule has 1 fully saturated rings. The van der Waals surface area contributed by atoms with Crippen molar-refractivity contribution in [2.75, 3.05) is 32.8 Å². The molecule has 10 nitrogen and oxygen atoms in total. The van der Waals surface area contributed by atoms with Gasteiger partial charge >= 0.3 is 6.18 Å². The number of benzene rings is 2. The van der Waals surface area contributed by atoms with E-state index in [0.717, 1.165) is 22.7 Å². The van der Waals surface area contributed by atoms with Crippen molar-refractivity contribution >= 4 is 22.5 Å². The molecular weight excluding hydrogens is 543 g/mol. The van der Waals surface area contributed by atoms with Crippen molar-refractivity contribution in [2.45, 2.75) is 12.7 Å². The molecule has 4 aromatic rings. The summed E-state index contributed by atoms with van der Waals surface area (Å²) in [5.41, 5.74) is 2.13. The van der Waals surface area contributed by atoms with Crippen molar-refractivity contribution in [1.82, 2.24) is 19.4 Å². The van der Waals surface area contributed by atoms with E-state index in [-0.39, 0.29) is 23.2 Å². The molecule has 2 aromatic carbocycles. The number of carbonyl (C=O) groups excluding carboxylic acids is 1. The standard InChI is InChI=1S/C28H26F3N5O5/c1-33-24-15-23(41-26-9-5-21(16-32-26)36(38)39)8-4-20(24)14-25(33)27(37)35-12-10-34(11-13-35)17-19-2-6-22(7-3-19)40-18-28(29,30)31/h2-9,14-16H,10-13,17-18H2,1H3. The molecular formula is C28H26F3N5O5. The molecule has 0 N–H and O–H groups in total. The molecule has 0 bridgehead atoms. The number of carbonyl (C=O) groups is 1. The summed E-state index contributed by atoms with van der Waals surface area (Å²) in [6.45, 7) is 1.67. The number of ether oxygens (including phenoxy) is 2. The maximum Gasteiger partial charge on any atom is 0.422 e. The van der Waals surface area contributed by atoms with Crippen LogP contribution in [0.1, 0.15) is 16.1 Å². The van der Waals surface area contributed by atoms with Gasteiger partial charge in [-0.3, -0.25) is 19.8 Å². The zero-order chi connectivity index (χ0) is 29.1. The summed E-state index contributed by atoms with van der Waals surface area (Å²) in [4.78, 5) is 31.6. The summed E-state index contributed by atoms with van der Waals surface area (Å²) in [5.74, 6) is 0.767. The van der Waals surface area contributed by atoms with Crippen molar-refractivity contribution in [2.24, 2.45) is 7.05 Å². The molecule has 1 aliphatic heterocycles. The van der Waals surface area contributed by atoms with E-state index in [4.69, 9.17) is 9.47 Å². The summed E-state index contributed by atoms with van der Waals surface area (Å²) in [6, 6.07) is 16.5. The number of nitro groups is 1. The van der Waals surface area contributed by atoms with Gasteiger partial charge in [0.05, 0.1) is 10.4 Å². The Morgan fingerprint density at radius 2 is 1.71 bits per heavy atom. The molecule has 2 aromatic heterocycles. The average Bonchev–Trinajstić information content (AvgIpc) is 3.28. The Kier molecular flexibility index (Phi) is 7.79. The molecule has 41 heavy (non-hydrogen) atoms. The number of nitrogens with zero attached hydrogens (tertiary/aromatic N) is 5. The second kappa shape index (κ2) is 11.5. The third-order valence-corrected chi connectivity index (χ3v) is 6.78. The molecule has 3 heterocycles. The lowest BCUT2D eigenvalue weighted by atomic mass is 10.2. The van der Waals surface area contributed by atoms with Crippen molar-refractivity contribution < 1.29 is 32.4 Å². The Labute approximate surface area is 232 Å². The Bertz CT molecular complexity index is 1550. The van der Waals surface area contributed by atoms with Crippen LogP contribution in [0.4, 0.5) is 18.9 Å². The maximum absolute atomic E-state index is 13.4. The highest BCUT2D eigenvalue weighted by Crippen LogP contribution is 2.28. The number of rotatable bonds is 8. The van der Waals surface area contributed by atoms with Crippen molar-refractivity contribution in [1.29, 1.82) is 0 Å². The monoisotopic (exact) mass is 569 g/mol. The molecule has 0 aliphatic carbocycles. The number of fused-ring (bicyclic) bond motifs is 1. The lowest BCUT2D eigenvalue weighted by molar-refractivity contribution is -0.385. The number of aryl methyl sites for hydroxylation is 1. The minimum atomic E-state index is -4.38. The minimum absolute atomic E-state index is 0.0889. The predicted molar refractivity (Wildman–Crippen MR) is 143 cm³/mol. The Morgan fingerprint density at radius 3 is 2.34 bits per heavy atom. The van der Waals surface area contributed by atoms with Gasteiger partial charge in [0.25, 0.3) is 11.6 Å². The fourth-order valence-electron chi connectivity index (χ4n) is 4.63. The number of hydrogen-bond acceptors (Lipinski definition) is 7. The zero-order valence-electron chi connectivity index (χ0n) is 22.0. The van der Waals surface area contributed by atoms with Crippen LogP contribution in [0.5, 0.6) is 17.4 Å². The van der Waals surface area contributed by atoms with E-state index in [1.807, 2.05) is 23.7 Å². The number of aromatic nitrogens is 2. The number of piperazine rings is 1. The molecule has 0 spiro atoms. The molecule has 214 valence electrons. The van der Waals surface area contributed by atoms with Crippen LogP contribution in [-0.2, 0) is 13.6 Å². The van der Waals surface area contributed by atoms with Gasteiger partial charge in [-0.2, -0.15) is 13.2 Å². The van der Waals surface area contributed by atoms with Gasteiger partial charge in [0.15, 0.2) is 6.61 Å². The quantitative estimate of drug-likeness (QED) is 0.213. The molecule has 5 rings (SSSR count). The van der Waals surface area contributed by atoms with Gasteiger partial charge in [-0.25, -0.2) is 4.98 Å². The van der Waals surface area contributed by atoms with Crippen LogP contribution in [0, 0.1) is 10.1 Å². The lowest BCUT2D eigenvalue weighted by Gasteiger charge is -2.34. The lowest BCUT2D eigenvalue weighted by Crippen LogP contribution is -2.48. The fourth-order valence-corrected chi connectivity index (χ4v) is 4.63. The van der Waals surface area contributed by atoms with Crippen LogP contribution in [0.3, 0.4) is 0 Å². The topological polar surface area (TPSA) is 103 Å². The van der Waals surface area contributed by atoms with Gasteiger partial charge in [0.2, 0.25) is 5.88 Å². The van der Waals surface area contributed by atoms with Crippen molar-refractivity contribution in [3.63, 3.8) is 0 Å². The third kappa shape index (κ3) is 6.74. The third-order valence-electron chi connectivity index (χ3n) is 6.78. The van der Waals surface area contributed by atoms with Crippen LogP contribution in [0.15, 0.2) is 66.9 Å². The number of alkyl halides is 3. The first-order valence-corrected chi connectivity index (χ1v) is 12.7. The minimum Gasteiger partial charge on any atom is -0.484 e. The number of amides is 1. The summed E-state index contributed by atoms with van der Waals surface area (Å²) in [6.07, 6.45) is -3.26. The summed E-state index contributed by atoms with van der Waals surface area (Å²) >= 11 is 0. The van der Waals surface area contributed by atoms with Crippen LogP contribution < -0.4 is 9.47 Å². The number of halogens is 3. The van der Waals surface area contributed by atoms with Crippen molar-refractivity contribution in [3.05, 3.63) is 88.2 Å². The average molecular weight is 570 g/mol. The van der Waals surface area contributed by atoms with E-state index in [9.17, 15) is 28.1 Å². The van der Waals surface area contributed by atoms with Gasteiger partial charge in [0.1, 0.15) is 23.4 Å². The first kappa shape index (κ1) is 27.9. The highest BCUT2D eigenvalue weighted by Gasteiger charge is 2.28. The first-order chi connectivity index (χ1) is 19.6. The number of pyridine rings is 1. The van der Waals surface area contributed by atoms with E-state index >= 15 is 0 Å². The van der Waals surface area contributed by atoms with Crippen LogP contribution in [0.25, 0.3) is 10.9 Å². The molecule has 1 amide bonds. The van der Waals surface area contributed by atoms with E-state index in [2.05, 4.69) is 9.88 Å². The van der Waals surface area contributed by atoms with Gasteiger partial charge in [-0.1, -0.05) is 12.1 Å². The van der Waals surface area contributed by atoms with Crippen LogP contribution in [-0.4, -0.2) is 69.1 Å². The largest absolute Gasteiger partial charge is 0.484 e. The van der Waals surface area contributed by atoms with Crippen LogP contribution >= 0.6 is 0 Å². The molecule has 0 saturated carbocycles. The van der Waals surface area contributed by atoms with Crippen LogP contribution in [0.2, 0.25) is 0 Å². The van der Waals surface area contributed by atoms with Gasteiger partial charge in [-0.15, -0.1) is 0 Å². The molecule has 0 atom stereocenters. The first-order valence-electron chi connectivity index (χ1n) is 12.7. The van der Waals surface area contributed by atoms with Crippen molar-refractivity contribution in [3.8, 4) is 17.4 Å². The normalized spacial score (nSPS) is 14.3. The molecule has 0 unspecified atom stereocenters. The second-order valence-corrected chi connectivity index (χ2v) is 9.64. The highest BCUT2D eigenvalue weighted by molar-refractivity contribution is 5.99. The Hall–Kier alpha value is -4.65. The van der Waals surface area contributed by atoms with Gasteiger partial charge in [0, 0.05) is 63.4 Å².